The number of halogens is 3. The lowest BCUT2D eigenvalue weighted by Crippen LogP contribution is -2.27. The first kappa shape index (κ1) is 20.6. The van der Waals surface area contributed by atoms with Crippen molar-refractivity contribution in [1.82, 2.24) is 5.32 Å². The van der Waals surface area contributed by atoms with Crippen LogP contribution in [0, 0.1) is 5.82 Å². The van der Waals surface area contributed by atoms with E-state index in [1.54, 1.807) is 35.7 Å². The highest BCUT2D eigenvalue weighted by molar-refractivity contribution is 9.10. The van der Waals surface area contributed by atoms with Crippen LogP contribution >= 0.6 is 51.1 Å². The van der Waals surface area contributed by atoms with Gasteiger partial charge in [0.15, 0.2) is 0 Å². The Balaban J connectivity index is 1.59. The molecule has 0 aliphatic rings. The van der Waals surface area contributed by atoms with Gasteiger partial charge in [0.1, 0.15) is 5.82 Å². The van der Waals surface area contributed by atoms with Crippen molar-refractivity contribution in [2.24, 2.45) is 0 Å². The van der Waals surface area contributed by atoms with E-state index >= 15 is 0 Å². The Morgan fingerprint density at radius 1 is 1.12 bits per heavy atom. The quantitative estimate of drug-likeness (QED) is 0.497. The molecule has 0 atom stereocenters. The Morgan fingerprint density at radius 3 is 2.68 bits per heavy atom. The second-order valence-corrected chi connectivity index (χ2v) is 8.54. The second-order valence-electron chi connectivity index (χ2n) is 5.19. The van der Waals surface area contributed by atoms with Crippen LogP contribution in [0.2, 0.25) is 5.02 Å². The maximum Gasteiger partial charge on any atom is 0.230 e. The summed E-state index contributed by atoms with van der Waals surface area (Å²) in [7, 11) is 0. The Labute approximate surface area is 169 Å². The highest BCUT2D eigenvalue weighted by Gasteiger charge is 2.07. The van der Waals surface area contributed by atoms with Crippen molar-refractivity contribution in [1.29, 1.82) is 0 Å². The molecule has 25 heavy (non-hydrogen) atoms. The molecule has 0 bridgehead atoms. The van der Waals surface area contributed by atoms with Gasteiger partial charge in [0.05, 0.1) is 5.75 Å². The minimum atomic E-state index is -0.285. The van der Waals surface area contributed by atoms with Crippen molar-refractivity contribution in [2.45, 2.75) is 11.5 Å². The molecule has 0 heterocycles. The number of rotatable bonds is 9. The summed E-state index contributed by atoms with van der Waals surface area (Å²) < 4.78 is 14.7. The zero-order valence-corrected chi connectivity index (χ0v) is 17.4. The second kappa shape index (κ2) is 11.1. The van der Waals surface area contributed by atoms with Crippen LogP contribution in [0.5, 0.6) is 0 Å². The predicted molar refractivity (Wildman–Crippen MR) is 111 cm³/mol. The number of nitrogens with one attached hydrogen (secondary N) is 1. The molecule has 0 fully saturated rings. The van der Waals surface area contributed by atoms with Crippen LogP contribution in [0.3, 0.4) is 0 Å². The van der Waals surface area contributed by atoms with Gasteiger partial charge in [0.2, 0.25) is 5.91 Å². The average molecular weight is 463 g/mol. The molecule has 0 aliphatic carbocycles. The number of hydrogen-bond acceptors (Lipinski definition) is 3. The molecule has 0 saturated heterocycles. The molecule has 2 aromatic carbocycles. The lowest BCUT2D eigenvalue weighted by Gasteiger charge is -2.07. The van der Waals surface area contributed by atoms with E-state index in [2.05, 4.69) is 21.2 Å². The Bertz CT molecular complexity index is 697. The van der Waals surface area contributed by atoms with E-state index in [1.807, 2.05) is 24.3 Å². The summed E-state index contributed by atoms with van der Waals surface area (Å²) in [6, 6.07) is 12.7. The van der Waals surface area contributed by atoms with Crippen LogP contribution in [-0.2, 0) is 16.3 Å². The first-order valence-corrected chi connectivity index (χ1v) is 11.1. The van der Waals surface area contributed by atoms with Crippen LogP contribution in [0.25, 0.3) is 0 Å². The summed E-state index contributed by atoms with van der Waals surface area (Å²) in [5.74, 6) is 2.15. The van der Waals surface area contributed by atoms with Crippen LogP contribution in [-0.4, -0.2) is 24.0 Å². The van der Waals surface area contributed by atoms with Gasteiger partial charge in [0, 0.05) is 38.9 Å². The third-order valence-electron chi connectivity index (χ3n) is 3.33. The van der Waals surface area contributed by atoms with Gasteiger partial charge in [-0.1, -0.05) is 51.8 Å². The SMILES string of the molecule is O=C(CSCc1ccccc1Br)NCCSCc1c(F)cccc1Cl. The van der Waals surface area contributed by atoms with E-state index in [-0.39, 0.29) is 11.7 Å². The molecule has 0 unspecified atom stereocenters. The summed E-state index contributed by atoms with van der Waals surface area (Å²) in [5.41, 5.74) is 1.70. The van der Waals surface area contributed by atoms with Gasteiger partial charge < -0.3 is 5.32 Å². The van der Waals surface area contributed by atoms with Gasteiger partial charge in [-0.3, -0.25) is 4.79 Å². The smallest absolute Gasteiger partial charge is 0.230 e. The summed E-state index contributed by atoms with van der Waals surface area (Å²) in [6.07, 6.45) is 0. The molecule has 0 radical (unpaired) electrons. The molecule has 2 aromatic rings. The number of amides is 1. The van der Waals surface area contributed by atoms with E-state index in [0.717, 1.165) is 10.2 Å². The van der Waals surface area contributed by atoms with Gasteiger partial charge in [-0.05, 0) is 23.8 Å². The molecule has 1 amide bonds. The highest BCUT2D eigenvalue weighted by atomic mass is 79.9. The zero-order valence-electron chi connectivity index (χ0n) is 13.4. The molecule has 0 saturated carbocycles. The largest absolute Gasteiger partial charge is 0.355 e. The summed E-state index contributed by atoms with van der Waals surface area (Å²) >= 11 is 12.6. The summed E-state index contributed by atoms with van der Waals surface area (Å²) in [6.45, 7) is 0.561. The third kappa shape index (κ3) is 7.21. The van der Waals surface area contributed by atoms with E-state index in [1.165, 1.54) is 11.6 Å². The van der Waals surface area contributed by atoms with Crippen LogP contribution < -0.4 is 5.32 Å². The van der Waals surface area contributed by atoms with E-state index in [0.29, 0.717) is 34.4 Å². The standard InChI is InChI=1S/C18H18BrClFNOS2/c19-15-5-2-1-4-13(15)10-25-12-18(23)22-8-9-24-11-14-16(20)6-3-7-17(14)21/h1-7H,8-12H2,(H,22,23). The fraction of sp³-hybridized carbons (Fsp3) is 0.278. The minimum absolute atomic E-state index is 0.0153. The van der Waals surface area contributed by atoms with Gasteiger partial charge in [-0.25, -0.2) is 4.39 Å². The lowest BCUT2D eigenvalue weighted by atomic mass is 10.2. The molecule has 0 aromatic heterocycles. The molecule has 0 spiro atoms. The predicted octanol–water partition coefficient (Wildman–Crippen LogP) is 5.52. The number of carbonyl (C=O) groups excluding carboxylic acids is 1. The maximum absolute atomic E-state index is 13.6. The van der Waals surface area contributed by atoms with Gasteiger partial charge in [0.25, 0.3) is 0 Å². The summed E-state index contributed by atoms with van der Waals surface area (Å²) in [4.78, 5) is 11.8. The number of hydrogen-bond donors (Lipinski definition) is 1. The van der Waals surface area contributed by atoms with Crippen molar-refractivity contribution < 1.29 is 9.18 Å². The van der Waals surface area contributed by atoms with Crippen molar-refractivity contribution in [3.63, 3.8) is 0 Å². The van der Waals surface area contributed by atoms with Crippen molar-refractivity contribution in [3.05, 3.63) is 68.9 Å². The molecule has 2 rings (SSSR count). The molecular weight excluding hydrogens is 445 g/mol. The number of carbonyl (C=O) groups is 1. The van der Waals surface area contributed by atoms with Gasteiger partial charge in [-0.15, -0.1) is 11.8 Å². The Hall–Kier alpha value is -0.690. The maximum atomic E-state index is 13.6. The molecular formula is C18H18BrClFNOS2. The number of benzene rings is 2. The fourth-order valence-electron chi connectivity index (χ4n) is 2.03. The third-order valence-corrected chi connectivity index (χ3v) is 6.42. The van der Waals surface area contributed by atoms with E-state index < -0.39 is 0 Å². The Morgan fingerprint density at radius 2 is 1.92 bits per heavy atom. The summed E-state index contributed by atoms with van der Waals surface area (Å²) in [5, 5.41) is 3.32. The topological polar surface area (TPSA) is 29.1 Å². The zero-order chi connectivity index (χ0) is 18.1. The van der Waals surface area contributed by atoms with Gasteiger partial charge in [-0.2, -0.15) is 11.8 Å². The van der Waals surface area contributed by atoms with Crippen LogP contribution in [0.15, 0.2) is 46.9 Å². The van der Waals surface area contributed by atoms with Crippen molar-refractivity contribution >= 4 is 57.0 Å². The lowest BCUT2D eigenvalue weighted by molar-refractivity contribution is -0.118. The van der Waals surface area contributed by atoms with E-state index in [4.69, 9.17) is 11.6 Å². The van der Waals surface area contributed by atoms with Crippen LogP contribution in [0.1, 0.15) is 11.1 Å². The molecule has 134 valence electrons. The minimum Gasteiger partial charge on any atom is -0.355 e. The first-order valence-electron chi connectivity index (χ1n) is 7.66. The monoisotopic (exact) mass is 461 g/mol. The average Bonchev–Trinajstić information content (AvgIpc) is 2.58. The van der Waals surface area contributed by atoms with Crippen molar-refractivity contribution in [3.8, 4) is 0 Å². The first-order chi connectivity index (χ1) is 12.1. The highest BCUT2D eigenvalue weighted by Crippen LogP contribution is 2.24. The Kier molecular flexibility index (Phi) is 9.17. The number of thioether (sulfide) groups is 2. The van der Waals surface area contributed by atoms with E-state index in [9.17, 15) is 9.18 Å². The molecule has 1 N–H and O–H groups in total. The fourth-order valence-corrected chi connectivity index (χ4v) is 4.70. The molecule has 2 nitrogen and oxygen atoms in total. The normalized spacial score (nSPS) is 10.7. The van der Waals surface area contributed by atoms with Crippen LogP contribution in [0.4, 0.5) is 4.39 Å². The van der Waals surface area contributed by atoms with Gasteiger partial charge >= 0.3 is 0 Å². The van der Waals surface area contributed by atoms with Crippen molar-refractivity contribution in [2.75, 3.05) is 18.1 Å². The molecule has 0 aliphatic heterocycles. The molecule has 7 heteroatoms.